The molecule has 198 valence electrons. The van der Waals surface area contributed by atoms with Gasteiger partial charge in [-0.1, -0.05) is 17.4 Å². The number of rotatable bonds is 4. The number of ketones is 1. The molecule has 1 fully saturated rings. The van der Waals surface area contributed by atoms with Crippen molar-refractivity contribution in [3.63, 3.8) is 0 Å². The third-order valence-electron chi connectivity index (χ3n) is 6.94. The number of amides is 1. The SMILES string of the molecule is COc1cc(C2/C(=C(\O)c3ccc4c(c3)CC(C)O4)C(=O)C(=O)N2c2nc3ccc(C)cc3s2)cc(Br)c1O. The third-order valence-corrected chi connectivity index (χ3v) is 8.56. The van der Waals surface area contributed by atoms with Crippen LogP contribution in [0.4, 0.5) is 5.13 Å². The van der Waals surface area contributed by atoms with Crippen molar-refractivity contribution in [1.29, 1.82) is 0 Å². The van der Waals surface area contributed by atoms with Crippen molar-refractivity contribution in [1.82, 2.24) is 4.98 Å². The first-order valence-electron chi connectivity index (χ1n) is 12.2. The highest BCUT2D eigenvalue weighted by Crippen LogP contribution is 2.47. The molecule has 0 saturated carbocycles. The molecular weight excluding hydrogens is 584 g/mol. The number of phenols is 1. The molecule has 1 aromatic heterocycles. The Hall–Kier alpha value is -3.89. The van der Waals surface area contributed by atoms with Crippen molar-refractivity contribution in [3.8, 4) is 17.2 Å². The highest BCUT2D eigenvalue weighted by Gasteiger charge is 2.48. The summed E-state index contributed by atoms with van der Waals surface area (Å²) in [6, 6.07) is 13.1. The molecule has 6 rings (SSSR count). The lowest BCUT2D eigenvalue weighted by molar-refractivity contribution is -0.132. The second-order valence-corrected chi connectivity index (χ2v) is 11.5. The molecule has 2 unspecified atom stereocenters. The van der Waals surface area contributed by atoms with E-state index in [1.165, 1.54) is 23.3 Å². The van der Waals surface area contributed by atoms with Crippen LogP contribution in [0, 0.1) is 6.92 Å². The molecule has 0 bridgehead atoms. The lowest BCUT2D eigenvalue weighted by Crippen LogP contribution is -2.29. The molecule has 2 aliphatic heterocycles. The van der Waals surface area contributed by atoms with Gasteiger partial charge in [-0.3, -0.25) is 14.5 Å². The van der Waals surface area contributed by atoms with Gasteiger partial charge in [0.05, 0.1) is 33.4 Å². The van der Waals surface area contributed by atoms with E-state index in [0.29, 0.717) is 32.7 Å². The monoisotopic (exact) mass is 606 g/mol. The minimum atomic E-state index is -1.03. The summed E-state index contributed by atoms with van der Waals surface area (Å²) >= 11 is 4.63. The van der Waals surface area contributed by atoms with Crippen LogP contribution in [0.1, 0.15) is 35.2 Å². The Kier molecular flexibility index (Phi) is 6.11. The number of Topliss-reactive ketones (excluding diaryl/α,β-unsaturated/α-hetero) is 1. The fourth-order valence-corrected chi connectivity index (χ4v) is 6.65. The van der Waals surface area contributed by atoms with Crippen LogP contribution < -0.4 is 14.4 Å². The molecule has 4 aromatic rings. The van der Waals surface area contributed by atoms with E-state index in [0.717, 1.165) is 21.6 Å². The molecule has 39 heavy (non-hydrogen) atoms. The van der Waals surface area contributed by atoms with E-state index in [-0.39, 0.29) is 28.9 Å². The molecule has 10 heteroatoms. The first-order chi connectivity index (χ1) is 18.7. The van der Waals surface area contributed by atoms with Crippen LogP contribution in [0.15, 0.2) is 58.6 Å². The van der Waals surface area contributed by atoms with Gasteiger partial charge < -0.3 is 19.7 Å². The van der Waals surface area contributed by atoms with Crippen molar-refractivity contribution in [3.05, 3.63) is 80.8 Å². The number of carbonyl (C=O) groups excluding carboxylic acids is 2. The number of aliphatic hydroxyl groups excluding tert-OH is 1. The quantitative estimate of drug-likeness (QED) is 0.166. The lowest BCUT2D eigenvalue weighted by atomic mass is 9.94. The molecule has 3 aromatic carbocycles. The molecule has 8 nitrogen and oxygen atoms in total. The summed E-state index contributed by atoms with van der Waals surface area (Å²) in [6.07, 6.45) is 0.675. The lowest BCUT2D eigenvalue weighted by Gasteiger charge is -2.24. The standard InChI is InChI=1S/C29H23BrN2O6S/c1-13-4-6-19-22(8-13)39-29(31-19)32-24(17-11-18(30)26(34)21(12-17)37-3)23(27(35)28(32)36)25(33)15-5-7-20-16(10-15)9-14(2)38-20/h4-8,10-12,14,24,33-34H,9H2,1-3H3/b25-23+. The Morgan fingerprint density at radius 2 is 1.97 bits per heavy atom. The van der Waals surface area contributed by atoms with Crippen molar-refractivity contribution >= 4 is 60.1 Å². The van der Waals surface area contributed by atoms with Gasteiger partial charge in [-0.2, -0.15) is 0 Å². The van der Waals surface area contributed by atoms with Gasteiger partial charge >= 0.3 is 5.91 Å². The number of aryl methyl sites for hydroxylation is 1. The maximum absolute atomic E-state index is 13.6. The number of halogens is 1. The van der Waals surface area contributed by atoms with Crippen LogP contribution in [0.3, 0.4) is 0 Å². The topological polar surface area (TPSA) is 109 Å². The summed E-state index contributed by atoms with van der Waals surface area (Å²) in [5.41, 5.74) is 3.41. The van der Waals surface area contributed by atoms with Crippen LogP contribution >= 0.6 is 27.3 Å². The number of aliphatic hydroxyl groups is 1. The van der Waals surface area contributed by atoms with Crippen LogP contribution in [0.5, 0.6) is 17.2 Å². The number of aromatic hydroxyl groups is 1. The van der Waals surface area contributed by atoms with Crippen molar-refractivity contribution < 1.29 is 29.3 Å². The molecule has 2 aliphatic rings. The molecule has 1 amide bonds. The number of nitrogens with zero attached hydrogens (tertiary/aromatic N) is 2. The molecule has 0 radical (unpaired) electrons. The fraction of sp³-hybridized carbons (Fsp3) is 0.207. The van der Waals surface area contributed by atoms with Crippen LogP contribution in [-0.2, 0) is 16.0 Å². The van der Waals surface area contributed by atoms with E-state index in [1.54, 1.807) is 30.3 Å². The normalized spacial score (nSPS) is 19.9. The van der Waals surface area contributed by atoms with Gasteiger partial charge in [-0.05, 0) is 88.9 Å². The molecule has 3 heterocycles. The number of phenolic OH excluding ortho intramolecular Hbond substituents is 1. The third kappa shape index (κ3) is 4.15. The fourth-order valence-electron chi connectivity index (χ4n) is 5.10. The van der Waals surface area contributed by atoms with Crippen LogP contribution in [0.2, 0.25) is 0 Å². The van der Waals surface area contributed by atoms with E-state index in [2.05, 4.69) is 20.9 Å². The number of methoxy groups -OCH3 is 1. The maximum Gasteiger partial charge on any atom is 0.301 e. The number of hydrogen-bond acceptors (Lipinski definition) is 8. The highest BCUT2D eigenvalue weighted by molar-refractivity contribution is 9.10. The average Bonchev–Trinajstić information content (AvgIpc) is 3.57. The van der Waals surface area contributed by atoms with Crippen molar-refractivity contribution in [2.75, 3.05) is 12.0 Å². The Labute approximate surface area is 236 Å². The Balaban J connectivity index is 1.57. The number of carbonyl (C=O) groups is 2. The van der Waals surface area contributed by atoms with Gasteiger partial charge in [-0.15, -0.1) is 0 Å². The number of anilines is 1. The minimum absolute atomic E-state index is 0.00691. The van der Waals surface area contributed by atoms with Gasteiger partial charge in [-0.25, -0.2) is 4.98 Å². The van der Waals surface area contributed by atoms with Crippen LogP contribution in [0.25, 0.3) is 16.0 Å². The van der Waals surface area contributed by atoms with Crippen molar-refractivity contribution in [2.24, 2.45) is 0 Å². The van der Waals surface area contributed by atoms with E-state index in [1.807, 2.05) is 32.0 Å². The average molecular weight is 607 g/mol. The molecule has 1 saturated heterocycles. The van der Waals surface area contributed by atoms with Gasteiger partial charge in [0.25, 0.3) is 5.78 Å². The zero-order chi connectivity index (χ0) is 27.6. The zero-order valence-electron chi connectivity index (χ0n) is 21.2. The highest BCUT2D eigenvalue weighted by atomic mass is 79.9. The van der Waals surface area contributed by atoms with Crippen LogP contribution in [-0.4, -0.2) is 40.1 Å². The molecule has 0 aliphatic carbocycles. The number of aromatic nitrogens is 1. The second kappa shape index (κ2) is 9.39. The summed E-state index contributed by atoms with van der Waals surface area (Å²) in [7, 11) is 1.41. The first-order valence-corrected chi connectivity index (χ1v) is 13.8. The summed E-state index contributed by atoms with van der Waals surface area (Å²) in [5, 5.41) is 22.3. The predicted octanol–water partition coefficient (Wildman–Crippen LogP) is 6.03. The van der Waals surface area contributed by atoms with Gasteiger partial charge in [0.15, 0.2) is 16.6 Å². The molecule has 2 N–H and O–H groups in total. The van der Waals surface area contributed by atoms with Crippen molar-refractivity contribution in [2.45, 2.75) is 32.4 Å². The zero-order valence-corrected chi connectivity index (χ0v) is 23.6. The number of hydrogen-bond donors (Lipinski definition) is 2. The first kappa shape index (κ1) is 25.4. The van der Waals surface area contributed by atoms with E-state index in [4.69, 9.17) is 9.47 Å². The summed E-state index contributed by atoms with van der Waals surface area (Å²) in [4.78, 5) is 33.2. The van der Waals surface area contributed by atoms with Gasteiger partial charge in [0.1, 0.15) is 17.6 Å². The van der Waals surface area contributed by atoms with E-state index >= 15 is 0 Å². The van der Waals surface area contributed by atoms with E-state index in [9.17, 15) is 19.8 Å². The van der Waals surface area contributed by atoms with Gasteiger partial charge in [0, 0.05) is 12.0 Å². The second-order valence-electron chi connectivity index (χ2n) is 9.65. The Morgan fingerprint density at radius 1 is 1.18 bits per heavy atom. The number of fused-ring (bicyclic) bond motifs is 2. The largest absolute Gasteiger partial charge is 0.507 e. The minimum Gasteiger partial charge on any atom is -0.507 e. The number of ether oxygens (including phenoxy) is 2. The smallest absolute Gasteiger partial charge is 0.301 e. The molecule has 2 atom stereocenters. The number of benzene rings is 3. The molecule has 0 spiro atoms. The maximum atomic E-state index is 13.6. The summed E-state index contributed by atoms with van der Waals surface area (Å²) in [6.45, 7) is 3.92. The summed E-state index contributed by atoms with van der Waals surface area (Å²) < 4.78 is 12.3. The van der Waals surface area contributed by atoms with E-state index < -0.39 is 17.7 Å². The Morgan fingerprint density at radius 3 is 2.74 bits per heavy atom. The predicted molar refractivity (Wildman–Crippen MR) is 152 cm³/mol. The summed E-state index contributed by atoms with van der Waals surface area (Å²) in [5.74, 6) is -1.19. The molecular formula is C29H23BrN2O6S. The number of thiazole rings is 1. The van der Waals surface area contributed by atoms with Gasteiger partial charge in [0.2, 0.25) is 0 Å². The Bertz CT molecular complexity index is 1730.